The standard InChI is InChI=1S/C18H19FN6O4S2/c1-10-3-5-12(7-15(10)30(20,26)27)23-17-14(19)9-22-18(25-17)24-13-6-4-11(2)16(8-13)31(21,28)29/h3-9H,1-2H3,(H2,20,26,27)(H2,21,28,29)(H2,22,23,24,25). The molecule has 13 heteroatoms. The average molecular weight is 467 g/mol. The molecule has 31 heavy (non-hydrogen) atoms. The van der Waals surface area contributed by atoms with Crippen molar-refractivity contribution in [3.8, 4) is 0 Å². The Labute approximate surface area is 178 Å². The monoisotopic (exact) mass is 466 g/mol. The predicted molar refractivity (Wildman–Crippen MR) is 114 cm³/mol. The van der Waals surface area contributed by atoms with E-state index in [1.165, 1.54) is 24.3 Å². The van der Waals surface area contributed by atoms with Crippen molar-refractivity contribution in [1.29, 1.82) is 0 Å². The quantitative estimate of drug-likeness (QED) is 0.427. The van der Waals surface area contributed by atoms with Gasteiger partial charge in [-0.05, 0) is 49.2 Å². The summed E-state index contributed by atoms with van der Waals surface area (Å²) in [6, 6.07) is 8.76. The molecule has 0 aliphatic carbocycles. The number of rotatable bonds is 6. The lowest BCUT2D eigenvalue weighted by atomic mass is 10.2. The fraction of sp³-hybridized carbons (Fsp3) is 0.111. The van der Waals surface area contributed by atoms with Gasteiger partial charge < -0.3 is 10.6 Å². The van der Waals surface area contributed by atoms with Crippen molar-refractivity contribution in [2.24, 2.45) is 10.3 Å². The number of halogens is 1. The minimum atomic E-state index is -3.97. The molecule has 0 amide bonds. The predicted octanol–water partition coefficient (Wildman–Crippen LogP) is 2.01. The molecule has 1 heterocycles. The van der Waals surface area contributed by atoms with E-state index < -0.39 is 25.9 Å². The van der Waals surface area contributed by atoms with Crippen LogP contribution in [0.2, 0.25) is 0 Å². The number of sulfonamides is 2. The molecule has 0 aliphatic rings. The molecular formula is C18H19FN6O4S2. The molecule has 0 saturated heterocycles. The highest BCUT2D eigenvalue weighted by atomic mass is 32.2. The summed E-state index contributed by atoms with van der Waals surface area (Å²) in [7, 11) is -7.90. The number of nitrogens with two attached hydrogens (primary N) is 2. The van der Waals surface area contributed by atoms with Crippen molar-refractivity contribution in [2.45, 2.75) is 23.6 Å². The van der Waals surface area contributed by atoms with Crippen LogP contribution in [-0.4, -0.2) is 26.8 Å². The first-order valence-corrected chi connectivity index (χ1v) is 11.8. The third-order valence-corrected chi connectivity index (χ3v) is 6.36. The van der Waals surface area contributed by atoms with Crippen LogP contribution in [0.25, 0.3) is 0 Å². The summed E-state index contributed by atoms with van der Waals surface area (Å²) in [5.74, 6) is -1.06. The van der Waals surface area contributed by atoms with Crippen molar-refractivity contribution in [1.82, 2.24) is 9.97 Å². The van der Waals surface area contributed by atoms with Gasteiger partial charge >= 0.3 is 0 Å². The van der Waals surface area contributed by atoms with Gasteiger partial charge in [-0.3, -0.25) is 0 Å². The SMILES string of the molecule is Cc1ccc(Nc2ncc(F)c(Nc3ccc(C)c(S(N)(=O)=O)c3)n2)cc1S(N)(=O)=O. The van der Waals surface area contributed by atoms with Gasteiger partial charge in [0, 0.05) is 11.4 Å². The van der Waals surface area contributed by atoms with Crippen LogP contribution >= 0.6 is 0 Å². The van der Waals surface area contributed by atoms with Gasteiger partial charge in [-0.2, -0.15) is 4.98 Å². The number of anilines is 4. The second-order valence-electron chi connectivity index (χ2n) is 6.69. The maximum Gasteiger partial charge on any atom is 0.238 e. The summed E-state index contributed by atoms with van der Waals surface area (Å²) in [5, 5.41) is 15.9. The van der Waals surface area contributed by atoms with Crippen LogP contribution in [-0.2, 0) is 20.0 Å². The van der Waals surface area contributed by atoms with Crippen LogP contribution in [0.1, 0.15) is 11.1 Å². The van der Waals surface area contributed by atoms with Gasteiger partial charge in [0.05, 0.1) is 16.0 Å². The summed E-state index contributed by atoms with van der Waals surface area (Å²) < 4.78 is 61.0. The Morgan fingerprint density at radius 3 is 1.81 bits per heavy atom. The van der Waals surface area contributed by atoms with Gasteiger partial charge in [0.15, 0.2) is 11.6 Å². The Kier molecular flexibility index (Phi) is 5.96. The second kappa shape index (κ2) is 8.19. The third-order valence-electron chi connectivity index (χ3n) is 4.25. The molecule has 0 fully saturated rings. The maximum atomic E-state index is 14.2. The molecule has 0 unspecified atom stereocenters. The van der Waals surface area contributed by atoms with E-state index in [0.29, 0.717) is 16.8 Å². The lowest BCUT2D eigenvalue weighted by molar-refractivity contribution is 0.595. The smallest absolute Gasteiger partial charge is 0.238 e. The minimum absolute atomic E-state index is 0.0353. The van der Waals surface area contributed by atoms with E-state index in [-0.39, 0.29) is 27.2 Å². The van der Waals surface area contributed by atoms with Gasteiger partial charge in [-0.1, -0.05) is 12.1 Å². The van der Waals surface area contributed by atoms with Crippen LogP contribution in [0.3, 0.4) is 0 Å². The second-order valence-corrected chi connectivity index (χ2v) is 9.75. The van der Waals surface area contributed by atoms with Gasteiger partial charge in [-0.25, -0.2) is 36.5 Å². The van der Waals surface area contributed by atoms with E-state index in [0.717, 1.165) is 6.20 Å². The van der Waals surface area contributed by atoms with E-state index in [1.807, 2.05) is 0 Å². The topological polar surface area (TPSA) is 170 Å². The first-order valence-electron chi connectivity index (χ1n) is 8.68. The zero-order valence-electron chi connectivity index (χ0n) is 16.4. The number of nitrogens with zero attached hydrogens (tertiary/aromatic N) is 2. The Morgan fingerprint density at radius 2 is 1.32 bits per heavy atom. The van der Waals surface area contributed by atoms with Gasteiger partial charge in [0.25, 0.3) is 0 Å². The maximum absolute atomic E-state index is 14.2. The number of nitrogens with one attached hydrogen (secondary N) is 2. The summed E-state index contributed by atoms with van der Waals surface area (Å²) >= 11 is 0. The molecule has 0 aliphatic heterocycles. The van der Waals surface area contributed by atoms with Crippen LogP contribution in [0, 0.1) is 19.7 Å². The van der Waals surface area contributed by atoms with Crippen molar-refractivity contribution in [3.63, 3.8) is 0 Å². The molecule has 3 rings (SSSR count). The Balaban J connectivity index is 1.92. The number of aryl methyl sites for hydroxylation is 2. The zero-order valence-corrected chi connectivity index (χ0v) is 18.1. The molecule has 0 spiro atoms. The Bertz CT molecular complexity index is 1380. The fourth-order valence-corrected chi connectivity index (χ4v) is 4.37. The fourth-order valence-electron chi connectivity index (χ4n) is 2.75. The first-order chi connectivity index (χ1) is 14.3. The van der Waals surface area contributed by atoms with Gasteiger partial charge in [0.1, 0.15) is 0 Å². The molecule has 164 valence electrons. The van der Waals surface area contributed by atoms with E-state index >= 15 is 0 Å². The molecule has 0 saturated carbocycles. The van der Waals surface area contributed by atoms with Gasteiger partial charge in [0.2, 0.25) is 26.0 Å². The minimum Gasteiger partial charge on any atom is -0.338 e. The lowest BCUT2D eigenvalue weighted by Crippen LogP contribution is -2.14. The third kappa shape index (κ3) is 5.32. The van der Waals surface area contributed by atoms with Crippen LogP contribution < -0.4 is 20.9 Å². The largest absolute Gasteiger partial charge is 0.338 e. The van der Waals surface area contributed by atoms with E-state index in [2.05, 4.69) is 20.6 Å². The number of primary sulfonamides is 2. The van der Waals surface area contributed by atoms with Crippen LogP contribution in [0.4, 0.5) is 27.5 Å². The highest BCUT2D eigenvalue weighted by molar-refractivity contribution is 7.89. The summed E-state index contributed by atoms with van der Waals surface area (Å²) in [6.07, 6.45) is 0.904. The van der Waals surface area contributed by atoms with Crippen LogP contribution in [0.15, 0.2) is 52.4 Å². The van der Waals surface area contributed by atoms with Crippen LogP contribution in [0.5, 0.6) is 0 Å². The average Bonchev–Trinajstić information content (AvgIpc) is 2.65. The van der Waals surface area contributed by atoms with E-state index in [4.69, 9.17) is 10.3 Å². The Hall–Kier alpha value is -3.13. The molecule has 0 atom stereocenters. The number of hydrogen-bond donors (Lipinski definition) is 4. The van der Waals surface area contributed by atoms with Crippen molar-refractivity contribution in [2.75, 3.05) is 10.6 Å². The van der Waals surface area contributed by atoms with E-state index in [1.54, 1.807) is 26.0 Å². The number of hydrogen-bond acceptors (Lipinski definition) is 8. The lowest BCUT2D eigenvalue weighted by Gasteiger charge is -2.12. The highest BCUT2D eigenvalue weighted by Crippen LogP contribution is 2.25. The zero-order chi connectivity index (χ0) is 23.0. The Morgan fingerprint density at radius 1 is 0.839 bits per heavy atom. The molecule has 10 nitrogen and oxygen atoms in total. The highest BCUT2D eigenvalue weighted by Gasteiger charge is 2.15. The first kappa shape index (κ1) is 22.6. The van der Waals surface area contributed by atoms with Gasteiger partial charge in [-0.15, -0.1) is 0 Å². The molecule has 6 N–H and O–H groups in total. The summed E-state index contributed by atoms with van der Waals surface area (Å²) in [6.45, 7) is 3.17. The molecule has 0 bridgehead atoms. The normalized spacial score (nSPS) is 11.9. The molecule has 3 aromatic rings. The van der Waals surface area contributed by atoms with Crippen molar-refractivity contribution in [3.05, 3.63) is 59.5 Å². The molecular weight excluding hydrogens is 447 g/mol. The van der Waals surface area contributed by atoms with E-state index in [9.17, 15) is 21.2 Å². The van der Waals surface area contributed by atoms with Crippen molar-refractivity contribution >= 4 is 43.2 Å². The number of benzene rings is 2. The molecule has 1 aromatic heterocycles. The van der Waals surface area contributed by atoms with Crippen molar-refractivity contribution < 1.29 is 21.2 Å². The molecule has 2 aromatic carbocycles. The summed E-state index contributed by atoms with van der Waals surface area (Å²) in [4.78, 5) is 7.66. The molecule has 0 radical (unpaired) electrons. The summed E-state index contributed by atoms with van der Waals surface area (Å²) in [5.41, 5.74) is 1.45. The number of aromatic nitrogens is 2.